The van der Waals surface area contributed by atoms with E-state index >= 15 is 0 Å². The number of Topliss-reactive ketones (excluding diaryl/α,β-unsaturated/α-hetero) is 1. The number of ether oxygens (including phenoxy) is 1. The molecule has 0 saturated carbocycles. The predicted molar refractivity (Wildman–Crippen MR) is 109 cm³/mol. The molecule has 1 aliphatic heterocycles. The van der Waals surface area contributed by atoms with E-state index in [-0.39, 0.29) is 35.7 Å². The topological polar surface area (TPSA) is 80.8 Å². The van der Waals surface area contributed by atoms with Crippen molar-refractivity contribution in [2.75, 3.05) is 13.1 Å². The maximum atomic E-state index is 12.9. The molecule has 1 aliphatic rings. The lowest BCUT2D eigenvalue weighted by molar-refractivity contribution is -0.140. The number of sulfonamides is 1. The fourth-order valence-electron chi connectivity index (χ4n) is 3.35. The van der Waals surface area contributed by atoms with Gasteiger partial charge in [-0.3, -0.25) is 9.59 Å². The van der Waals surface area contributed by atoms with Crippen molar-refractivity contribution in [1.82, 2.24) is 4.31 Å². The van der Waals surface area contributed by atoms with Crippen molar-refractivity contribution >= 4 is 21.8 Å². The van der Waals surface area contributed by atoms with Crippen LogP contribution in [0.25, 0.3) is 0 Å². The summed E-state index contributed by atoms with van der Waals surface area (Å²) >= 11 is 0. The van der Waals surface area contributed by atoms with Crippen molar-refractivity contribution in [3.63, 3.8) is 0 Å². The molecule has 154 valence electrons. The molecule has 0 spiro atoms. The number of hydrogen-bond acceptors (Lipinski definition) is 5. The van der Waals surface area contributed by atoms with Crippen LogP contribution in [0.2, 0.25) is 0 Å². The van der Waals surface area contributed by atoms with E-state index in [0.29, 0.717) is 24.2 Å². The molecule has 7 heteroatoms. The number of benzene rings is 2. The zero-order valence-corrected chi connectivity index (χ0v) is 17.4. The second-order valence-electron chi connectivity index (χ2n) is 7.18. The maximum Gasteiger partial charge on any atom is 0.314 e. The van der Waals surface area contributed by atoms with E-state index in [0.717, 1.165) is 12.0 Å². The monoisotopic (exact) mass is 415 g/mol. The van der Waals surface area contributed by atoms with E-state index in [4.69, 9.17) is 4.74 Å². The van der Waals surface area contributed by atoms with Gasteiger partial charge in [-0.1, -0.05) is 31.2 Å². The molecule has 0 atom stereocenters. The van der Waals surface area contributed by atoms with Gasteiger partial charge in [0.25, 0.3) is 0 Å². The van der Waals surface area contributed by atoms with Crippen LogP contribution in [0.4, 0.5) is 0 Å². The average Bonchev–Trinajstić information content (AvgIpc) is 2.74. The summed E-state index contributed by atoms with van der Waals surface area (Å²) in [5, 5.41) is 0. The van der Waals surface area contributed by atoms with Crippen LogP contribution >= 0.6 is 0 Å². The molecule has 0 unspecified atom stereocenters. The fraction of sp³-hybridized carbons (Fsp3) is 0.364. The van der Waals surface area contributed by atoms with Gasteiger partial charge < -0.3 is 4.74 Å². The lowest BCUT2D eigenvalue weighted by atomic mass is 9.98. The Morgan fingerprint density at radius 1 is 1.07 bits per heavy atom. The van der Waals surface area contributed by atoms with Crippen molar-refractivity contribution in [2.45, 2.75) is 38.0 Å². The molecule has 0 aromatic heterocycles. The number of nitrogens with zero attached hydrogens (tertiary/aromatic N) is 1. The lowest BCUT2D eigenvalue weighted by Crippen LogP contribution is -2.41. The smallest absolute Gasteiger partial charge is 0.314 e. The van der Waals surface area contributed by atoms with Crippen LogP contribution in [-0.4, -0.2) is 37.6 Å². The van der Waals surface area contributed by atoms with Crippen molar-refractivity contribution in [2.24, 2.45) is 5.92 Å². The van der Waals surface area contributed by atoms with E-state index in [9.17, 15) is 18.0 Å². The molecule has 6 nitrogen and oxygen atoms in total. The lowest BCUT2D eigenvalue weighted by Gasteiger charge is -2.30. The van der Waals surface area contributed by atoms with Gasteiger partial charge in [0.1, 0.15) is 5.75 Å². The van der Waals surface area contributed by atoms with Gasteiger partial charge in [0.2, 0.25) is 10.0 Å². The molecule has 1 fully saturated rings. The Bertz CT molecular complexity index is 990. The third-order valence-corrected chi connectivity index (χ3v) is 7.11. The van der Waals surface area contributed by atoms with Gasteiger partial charge in [0, 0.05) is 18.7 Å². The molecular weight excluding hydrogens is 390 g/mol. The first kappa shape index (κ1) is 21.2. The normalized spacial score (nSPS) is 15.8. The number of ketones is 1. The highest BCUT2D eigenvalue weighted by molar-refractivity contribution is 7.89. The van der Waals surface area contributed by atoms with E-state index in [1.807, 2.05) is 12.1 Å². The zero-order chi connectivity index (χ0) is 21.0. The van der Waals surface area contributed by atoms with Crippen molar-refractivity contribution in [3.8, 4) is 5.75 Å². The molecule has 3 rings (SSSR count). The predicted octanol–water partition coefficient (Wildman–Crippen LogP) is 3.46. The van der Waals surface area contributed by atoms with E-state index in [2.05, 4.69) is 6.92 Å². The summed E-state index contributed by atoms with van der Waals surface area (Å²) in [6, 6.07) is 13.4. The first-order valence-electron chi connectivity index (χ1n) is 9.73. The second kappa shape index (κ2) is 8.88. The van der Waals surface area contributed by atoms with Gasteiger partial charge in [-0.05, 0) is 56.0 Å². The standard InChI is InChI=1S/C22H25NO5S/c1-3-17-7-9-20(10-8-17)28-22(25)18-11-13-23(14-12-18)29(26,27)21-6-4-5-19(15-21)16(2)24/h4-10,15,18H,3,11-14H2,1-2H3. The average molecular weight is 416 g/mol. The largest absolute Gasteiger partial charge is 0.426 e. The number of carbonyl (C=O) groups is 2. The van der Waals surface area contributed by atoms with E-state index in [1.54, 1.807) is 24.3 Å². The van der Waals surface area contributed by atoms with Gasteiger partial charge >= 0.3 is 5.97 Å². The van der Waals surface area contributed by atoms with Crippen LogP contribution in [0.15, 0.2) is 53.4 Å². The number of piperidine rings is 1. The molecule has 2 aromatic rings. The molecule has 0 radical (unpaired) electrons. The molecule has 0 N–H and O–H groups in total. The Labute approximate surface area is 171 Å². The Morgan fingerprint density at radius 2 is 1.72 bits per heavy atom. The van der Waals surface area contributed by atoms with E-state index in [1.165, 1.54) is 23.4 Å². The zero-order valence-electron chi connectivity index (χ0n) is 16.6. The maximum absolute atomic E-state index is 12.9. The number of hydrogen-bond donors (Lipinski definition) is 0. The van der Waals surface area contributed by atoms with Crippen LogP contribution in [0.5, 0.6) is 5.75 Å². The van der Waals surface area contributed by atoms with Crippen molar-refractivity contribution < 1.29 is 22.7 Å². The first-order valence-corrected chi connectivity index (χ1v) is 11.2. The van der Waals surface area contributed by atoms with Crippen LogP contribution in [0.1, 0.15) is 42.6 Å². The number of rotatable bonds is 6. The van der Waals surface area contributed by atoms with Gasteiger partial charge in [0.05, 0.1) is 10.8 Å². The third-order valence-electron chi connectivity index (χ3n) is 5.22. The number of carbonyl (C=O) groups excluding carboxylic acids is 2. The highest BCUT2D eigenvalue weighted by atomic mass is 32.2. The molecule has 0 amide bonds. The molecule has 0 bridgehead atoms. The van der Waals surface area contributed by atoms with Crippen molar-refractivity contribution in [3.05, 3.63) is 59.7 Å². The van der Waals surface area contributed by atoms with Gasteiger partial charge in [-0.2, -0.15) is 4.31 Å². The highest BCUT2D eigenvalue weighted by Crippen LogP contribution is 2.26. The molecule has 0 aliphatic carbocycles. The summed E-state index contributed by atoms with van der Waals surface area (Å²) in [7, 11) is -3.70. The van der Waals surface area contributed by atoms with Crippen LogP contribution in [0, 0.1) is 5.92 Å². The summed E-state index contributed by atoms with van der Waals surface area (Å²) in [5.41, 5.74) is 1.52. The number of aryl methyl sites for hydroxylation is 1. The van der Waals surface area contributed by atoms with Crippen molar-refractivity contribution in [1.29, 1.82) is 0 Å². The fourth-order valence-corrected chi connectivity index (χ4v) is 4.87. The van der Waals surface area contributed by atoms with Crippen LogP contribution in [-0.2, 0) is 21.2 Å². The molecule has 1 heterocycles. The van der Waals surface area contributed by atoms with Crippen LogP contribution < -0.4 is 4.74 Å². The summed E-state index contributed by atoms with van der Waals surface area (Å²) in [6.07, 6.45) is 1.71. The molecule has 1 saturated heterocycles. The Kier molecular flexibility index (Phi) is 6.49. The van der Waals surface area contributed by atoms with Crippen LogP contribution in [0.3, 0.4) is 0 Å². The molecule has 29 heavy (non-hydrogen) atoms. The quantitative estimate of drug-likeness (QED) is 0.410. The third kappa shape index (κ3) is 4.92. The van der Waals surface area contributed by atoms with Gasteiger partial charge in [-0.25, -0.2) is 8.42 Å². The second-order valence-corrected chi connectivity index (χ2v) is 9.12. The Balaban J connectivity index is 1.62. The summed E-state index contributed by atoms with van der Waals surface area (Å²) in [6.45, 7) is 3.93. The first-order chi connectivity index (χ1) is 13.8. The van der Waals surface area contributed by atoms with E-state index < -0.39 is 10.0 Å². The van der Waals surface area contributed by atoms with Gasteiger partial charge in [-0.15, -0.1) is 0 Å². The Hall–Kier alpha value is -2.51. The molecular formula is C22H25NO5S. The number of esters is 1. The minimum atomic E-state index is -3.70. The SMILES string of the molecule is CCc1ccc(OC(=O)C2CCN(S(=O)(=O)c3cccc(C(C)=O)c3)CC2)cc1. The minimum absolute atomic E-state index is 0.0993. The minimum Gasteiger partial charge on any atom is -0.426 e. The highest BCUT2D eigenvalue weighted by Gasteiger charge is 2.33. The molecule has 2 aromatic carbocycles. The van der Waals surface area contributed by atoms with Gasteiger partial charge in [0.15, 0.2) is 5.78 Å². The summed E-state index contributed by atoms with van der Waals surface area (Å²) < 4.78 is 32.6. The summed E-state index contributed by atoms with van der Waals surface area (Å²) in [4.78, 5) is 24.1. The summed E-state index contributed by atoms with van der Waals surface area (Å²) in [5.74, 6) is -0.348. The Morgan fingerprint density at radius 3 is 2.31 bits per heavy atom.